The number of rotatable bonds is 2. The molecule has 2 fully saturated rings. The maximum Gasteiger partial charge on any atom is 0.0884 e. The molecule has 3 heteroatoms. The van der Waals surface area contributed by atoms with E-state index in [0.29, 0.717) is 5.92 Å². The summed E-state index contributed by atoms with van der Waals surface area (Å²) in [5.41, 5.74) is 6.16. The fraction of sp³-hybridized carbons (Fsp3) is 0.500. The summed E-state index contributed by atoms with van der Waals surface area (Å²) in [6.45, 7) is 8.23. The third-order valence-electron chi connectivity index (χ3n) is 5.89. The van der Waals surface area contributed by atoms with Crippen molar-refractivity contribution < 1.29 is 4.74 Å². The topological polar surface area (TPSA) is 34.2 Å². The Morgan fingerprint density at radius 3 is 2.68 bits per heavy atom. The van der Waals surface area contributed by atoms with Gasteiger partial charge in [-0.15, -0.1) is 0 Å². The maximum absolute atomic E-state index is 6.54. The van der Waals surface area contributed by atoms with Crippen LogP contribution in [-0.4, -0.2) is 23.7 Å². The first-order valence-corrected chi connectivity index (χ1v) is 9.45. The predicted octanol–water partition coefficient (Wildman–Crippen LogP) is 4.37. The van der Waals surface area contributed by atoms with Crippen molar-refractivity contribution in [3.8, 4) is 0 Å². The van der Waals surface area contributed by atoms with Gasteiger partial charge in [-0.05, 0) is 63.8 Å². The molecule has 132 valence electrons. The number of piperidine rings is 1. The molecule has 1 aromatic carbocycles. The zero-order chi connectivity index (χ0) is 17.4. The molecule has 1 N–H and O–H groups in total. The zero-order valence-electron chi connectivity index (χ0n) is 15.5. The number of nitrogens with zero attached hydrogens (tertiary/aromatic N) is 1. The van der Waals surface area contributed by atoms with Crippen LogP contribution in [0.25, 0.3) is 0 Å². The summed E-state index contributed by atoms with van der Waals surface area (Å²) in [6.07, 6.45) is 3.35. The Morgan fingerprint density at radius 1 is 1.08 bits per heavy atom. The van der Waals surface area contributed by atoms with Crippen LogP contribution < -0.4 is 5.32 Å². The summed E-state index contributed by atoms with van der Waals surface area (Å²) >= 11 is 0. The van der Waals surface area contributed by atoms with Gasteiger partial charge in [0.15, 0.2) is 0 Å². The van der Waals surface area contributed by atoms with E-state index in [4.69, 9.17) is 9.72 Å². The summed E-state index contributed by atoms with van der Waals surface area (Å²) in [5, 5.41) is 3.74. The molecule has 2 saturated heterocycles. The first-order chi connectivity index (χ1) is 12.1. The predicted molar refractivity (Wildman–Crippen MR) is 101 cm³/mol. The SMILES string of the molecule is Cc1ccc(C2NCCCC23CC(c2nc(C)ccc2C)CO3)cc1. The lowest BCUT2D eigenvalue weighted by molar-refractivity contribution is -0.0484. The molecule has 25 heavy (non-hydrogen) atoms. The molecule has 1 aromatic heterocycles. The van der Waals surface area contributed by atoms with Gasteiger partial charge in [0.2, 0.25) is 0 Å². The molecule has 4 rings (SSSR count). The minimum atomic E-state index is -0.101. The Balaban J connectivity index is 1.64. The van der Waals surface area contributed by atoms with Crippen LogP contribution in [-0.2, 0) is 4.74 Å². The molecule has 2 aliphatic heterocycles. The van der Waals surface area contributed by atoms with Gasteiger partial charge in [-0.1, -0.05) is 35.9 Å². The molecule has 0 amide bonds. The molecule has 2 aromatic rings. The van der Waals surface area contributed by atoms with Crippen LogP contribution in [0.5, 0.6) is 0 Å². The van der Waals surface area contributed by atoms with Gasteiger partial charge in [0.25, 0.3) is 0 Å². The number of benzene rings is 1. The van der Waals surface area contributed by atoms with Crippen molar-refractivity contribution in [3.05, 3.63) is 64.5 Å². The van der Waals surface area contributed by atoms with E-state index in [1.54, 1.807) is 0 Å². The fourth-order valence-corrected chi connectivity index (χ4v) is 4.56. The van der Waals surface area contributed by atoms with Crippen molar-refractivity contribution in [2.45, 2.75) is 57.6 Å². The highest BCUT2D eigenvalue weighted by atomic mass is 16.5. The van der Waals surface area contributed by atoms with Crippen LogP contribution in [0.2, 0.25) is 0 Å². The van der Waals surface area contributed by atoms with Crippen LogP contribution in [0, 0.1) is 20.8 Å². The zero-order valence-corrected chi connectivity index (χ0v) is 15.5. The van der Waals surface area contributed by atoms with E-state index in [1.165, 1.54) is 28.8 Å². The van der Waals surface area contributed by atoms with Gasteiger partial charge in [-0.2, -0.15) is 0 Å². The van der Waals surface area contributed by atoms with Gasteiger partial charge in [0, 0.05) is 17.3 Å². The number of nitrogens with one attached hydrogen (secondary N) is 1. The van der Waals surface area contributed by atoms with E-state index in [2.05, 4.69) is 62.5 Å². The molecular formula is C22H28N2O. The second-order valence-electron chi connectivity index (χ2n) is 7.83. The molecule has 0 saturated carbocycles. The van der Waals surface area contributed by atoms with Gasteiger partial charge in [-0.3, -0.25) is 4.98 Å². The summed E-state index contributed by atoms with van der Waals surface area (Å²) in [5.74, 6) is 0.396. The Labute approximate surface area is 150 Å². The molecule has 3 heterocycles. The van der Waals surface area contributed by atoms with Gasteiger partial charge < -0.3 is 10.1 Å². The van der Waals surface area contributed by atoms with Crippen LogP contribution in [0.1, 0.15) is 59.3 Å². The molecular weight excluding hydrogens is 308 g/mol. The average Bonchev–Trinajstić information content (AvgIpc) is 3.03. The lowest BCUT2D eigenvalue weighted by atomic mass is 9.77. The van der Waals surface area contributed by atoms with E-state index in [1.807, 2.05) is 0 Å². The summed E-state index contributed by atoms with van der Waals surface area (Å²) in [6, 6.07) is 13.5. The highest BCUT2D eigenvalue weighted by Gasteiger charge is 2.49. The van der Waals surface area contributed by atoms with Crippen LogP contribution in [0.4, 0.5) is 0 Å². The van der Waals surface area contributed by atoms with Crippen LogP contribution >= 0.6 is 0 Å². The van der Waals surface area contributed by atoms with Crippen molar-refractivity contribution in [3.63, 3.8) is 0 Å². The molecule has 2 aliphatic rings. The molecule has 0 radical (unpaired) electrons. The first kappa shape index (κ1) is 16.7. The second kappa shape index (κ2) is 6.54. The van der Waals surface area contributed by atoms with Crippen molar-refractivity contribution in [2.24, 2.45) is 0 Å². The smallest absolute Gasteiger partial charge is 0.0884 e. The molecule has 3 unspecified atom stereocenters. The third-order valence-corrected chi connectivity index (χ3v) is 5.89. The number of hydrogen-bond acceptors (Lipinski definition) is 3. The number of aryl methyl sites for hydroxylation is 3. The summed E-state index contributed by atoms with van der Waals surface area (Å²) < 4.78 is 6.54. The molecule has 3 nitrogen and oxygen atoms in total. The van der Waals surface area contributed by atoms with Gasteiger partial charge in [0.1, 0.15) is 0 Å². The fourth-order valence-electron chi connectivity index (χ4n) is 4.56. The molecule has 3 atom stereocenters. The number of pyridine rings is 1. The minimum absolute atomic E-state index is 0.101. The average molecular weight is 336 g/mol. The highest BCUT2D eigenvalue weighted by Crippen LogP contribution is 2.48. The third kappa shape index (κ3) is 3.11. The second-order valence-corrected chi connectivity index (χ2v) is 7.83. The number of ether oxygens (including phenoxy) is 1. The Bertz CT molecular complexity index is 755. The minimum Gasteiger partial charge on any atom is -0.372 e. The number of aromatic nitrogens is 1. The summed E-state index contributed by atoms with van der Waals surface area (Å²) in [7, 11) is 0. The Morgan fingerprint density at radius 2 is 1.88 bits per heavy atom. The molecule has 0 aliphatic carbocycles. The first-order valence-electron chi connectivity index (χ1n) is 9.45. The molecule has 0 bridgehead atoms. The van der Waals surface area contributed by atoms with E-state index < -0.39 is 0 Å². The van der Waals surface area contributed by atoms with Gasteiger partial charge in [-0.25, -0.2) is 0 Å². The Hall–Kier alpha value is -1.71. The monoisotopic (exact) mass is 336 g/mol. The largest absolute Gasteiger partial charge is 0.372 e. The van der Waals surface area contributed by atoms with Crippen molar-refractivity contribution in [2.75, 3.05) is 13.2 Å². The van der Waals surface area contributed by atoms with Gasteiger partial charge in [0.05, 0.1) is 18.2 Å². The van der Waals surface area contributed by atoms with E-state index in [9.17, 15) is 0 Å². The van der Waals surface area contributed by atoms with Crippen molar-refractivity contribution in [1.29, 1.82) is 0 Å². The standard InChI is InChI=1S/C22H28N2O/c1-15-5-9-18(10-6-15)21-22(11-4-12-23-21)13-19(14-25-22)20-16(2)7-8-17(3)24-20/h5-10,19,21,23H,4,11-14H2,1-3H3. The Kier molecular flexibility index (Phi) is 4.38. The van der Waals surface area contributed by atoms with E-state index in [0.717, 1.165) is 31.7 Å². The van der Waals surface area contributed by atoms with E-state index in [-0.39, 0.29) is 11.6 Å². The van der Waals surface area contributed by atoms with E-state index >= 15 is 0 Å². The van der Waals surface area contributed by atoms with Crippen molar-refractivity contribution in [1.82, 2.24) is 10.3 Å². The quantitative estimate of drug-likeness (QED) is 0.884. The van der Waals surface area contributed by atoms with Crippen LogP contribution in [0.3, 0.4) is 0 Å². The lowest BCUT2D eigenvalue weighted by Gasteiger charge is -2.41. The highest BCUT2D eigenvalue weighted by molar-refractivity contribution is 5.30. The molecule has 1 spiro atoms. The van der Waals surface area contributed by atoms with Crippen molar-refractivity contribution >= 4 is 0 Å². The normalized spacial score (nSPS) is 29.2. The summed E-state index contributed by atoms with van der Waals surface area (Å²) in [4.78, 5) is 4.84. The van der Waals surface area contributed by atoms with Gasteiger partial charge >= 0.3 is 0 Å². The maximum atomic E-state index is 6.54. The number of hydrogen-bond donors (Lipinski definition) is 1. The van der Waals surface area contributed by atoms with Crippen LogP contribution in [0.15, 0.2) is 36.4 Å². The lowest BCUT2D eigenvalue weighted by Crippen LogP contribution is -2.48.